The first-order valence-corrected chi connectivity index (χ1v) is 10.6. The highest BCUT2D eigenvalue weighted by Gasteiger charge is 2.34. The van der Waals surface area contributed by atoms with Gasteiger partial charge in [0.2, 0.25) is 5.91 Å². The number of methoxy groups -OCH3 is 2. The monoisotopic (exact) mass is 410 g/mol. The van der Waals surface area contributed by atoms with Crippen molar-refractivity contribution >= 4 is 5.91 Å². The number of hydrogen-bond donors (Lipinski definition) is 0. The molecule has 0 spiro atoms. The van der Waals surface area contributed by atoms with Gasteiger partial charge in [0.25, 0.3) is 0 Å². The van der Waals surface area contributed by atoms with E-state index in [1.807, 2.05) is 41.3 Å². The van der Waals surface area contributed by atoms with E-state index in [4.69, 9.17) is 9.47 Å². The van der Waals surface area contributed by atoms with Crippen LogP contribution in [0.15, 0.2) is 48.5 Å². The first-order valence-electron chi connectivity index (χ1n) is 10.6. The van der Waals surface area contributed by atoms with Crippen LogP contribution in [0.4, 0.5) is 0 Å². The summed E-state index contributed by atoms with van der Waals surface area (Å²) in [5, 5.41) is 0. The molecule has 0 bridgehead atoms. The topological polar surface area (TPSA) is 42.0 Å². The average molecular weight is 411 g/mol. The largest absolute Gasteiger partial charge is 0.497 e. The van der Waals surface area contributed by atoms with Crippen LogP contribution in [0.3, 0.4) is 0 Å². The molecule has 0 unspecified atom stereocenters. The Bertz CT molecular complexity index is 841. The molecule has 5 heteroatoms. The molecule has 1 aliphatic rings. The fourth-order valence-corrected chi connectivity index (χ4v) is 3.70. The molecule has 30 heavy (non-hydrogen) atoms. The maximum atomic E-state index is 13.4. The third-order valence-electron chi connectivity index (χ3n) is 5.56. The van der Waals surface area contributed by atoms with Crippen LogP contribution in [0.5, 0.6) is 11.5 Å². The van der Waals surface area contributed by atoms with E-state index in [-0.39, 0.29) is 11.4 Å². The van der Waals surface area contributed by atoms with Crippen molar-refractivity contribution in [1.29, 1.82) is 0 Å². The lowest BCUT2D eigenvalue weighted by atomic mass is 10.0. The molecule has 0 aliphatic heterocycles. The third kappa shape index (κ3) is 5.76. The molecule has 0 saturated heterocycles. The van der Waals surface area contributed by atoms with E-state index in [0.717, 1.165) is 35.5 Å². The predicted molar refractivity (Wildman–Crippen MR) is 120 cm³/mol. The van der Waals surface area contributed by atoms with Gasteiger partial charge in [0, 0.05) is 30.2 Å². The van der Waals surface area contributed by atoms with Crippen molar-refractivity contribution < 1.29 is 14.3 Å². The summed E-state index contributed by atoms with van der Waals surface area (Å²) in [6, 6.07) is 16.5. The second-order valence-electron chi connectivity index (χ2n) is 8.95. The SMILES string of the molecule is COc1ccc(OC)c(CN(CC(=O)N(Cc2ccccc2)C(C)(C)C)C2CC2)c1. The van der Waals surface area contributed by atoms with Gasteiger partial charge in [-0.25, -0.2) is 0 Å². The number of ether oxygens (including phenoxy) is 2. The van der Waals surface area contributed by atoms with Crippen LogP contribution >= 0.6 is 0 Å². The lowest BCUT2D eigenvalue weighted by Gasteiger charge is -2.37. The molecule has 1 fully saturated rings. The lowest BCUT2D eigenvalue weighted by molar-refractivity contribution is -0.138. The van der Waals surface area contributed by atoms with Gasteiger partial charge in [0.05, 0.1) is 20.8 Å². The quantitative estimate of drug-likeness (QED) is 0.611. The van der Waals surface area contributed by atoms with Crippen molar-refractivity contribution in [3.63, 3.8) is 0 Å². The first kappa shape index (κ1) is 22.2. The van der Waals surface area contributed by atoms with Crippen molar-refractivity contribution in [2.24, 2.45) is 0 Å². The zero-order valence-corrected chi connectivity index (χ0v) is 18.9. The van der Waals surface area contributed by atoms with Gasteiger partial charge in [-0.1, -0.05) is 30.3 Å². The fraction of sp³-hybridized carbons (Fsp3) is 0.480. The zero-order valence-electron chi connectivity index (χ0n) is 18.9. The van der Waals surface area contributed by atoms with E-state index in [1.54, 1.807) is 14.2 Å². The van der Waals surface area contributed by atoms with Gasteiger partial charge in [0.15, 0.2) is 0 Å². The molecule has 1 saturated carbocycles. The maximum absolute atomic E-state index is 13.4. The van der Waals surface area contributed by atoms with E-state index in [2.05, 4.69) is 37.8 Å². The Morgan fingerprint density at radius 1 is 1.00 bits per heavy atom. The molecule has 0 heterocycles. The van der Waals surface area contributed by atoms with Crippen molar-refractivity contribution in [1.82, 2.24) is 9.80 Å². The van der Waals surface area contributed by atoms with E-state index in [0.29, 0.717) is 25.7 Å². The van der Waals surface area contributed by atoms with Gasteiger partial charge in [-0.3, -0.25) is 9.69 Å². The smallest absolute Gasteiger partial charge is 0.237 e. The number of hydrogen-bond acceptors (Lipinski definition) is 4. The number of benzene rings is 2. The molecular weight excluding hydrogens is 376 g/mol. The van der Waals surface area contributed by atoms with Gasteiger partial charge >= 0.3 is 0 Å². The summed E-state index contributed by atoms with van der Waals surface area (Å²) in [4.78, 5) is 17.7. The fourth-order valence-electron chi connectivity index (χ4n) is 3.70. The van der Waals surface area contributed by atoms with Crippen LogP contribution in [0.1, 0.15) is 44.7 Å². The highest BCUT2D eigenvalue weighted by Crippen LogP contribution is 2.32. The Labute approximate surface area is 180 Å². The van der Waals surface area contributed by atoms with Crippen LogP contribution < -0.4 is 9.47 Å². The summed E-state index contributed by atoms with van der Waals surface area (Å²) in [6.45, 7) is 7.97. The van der Waals surface area contributed by atoms with Gasteiger partial charge in [0.1, 0.15) is 11.5 Å². The third-order valence-corrected chi connectivity index (χ3v) is 5.56. The Morgan fingerprint density at radius 2 is 1.70 bits per heavy atom. The zero-order chi connectivity index (χ0) is 21.7. The van der Waals surface area contributed by atoms with Gasteiger partial charge in [-0.2, -0.15) is 0 Å². The molecule has 2 aromatic carbocycles. The van der Waals surface area contributed by atoms with Crippen LogP contribution in [0.2, 0.25) is 0 Å². The average Bonchev–Trinajstić information content (AvgIpc) is 3.56. The minimum atomic E-state index is -0.254. The predicted octanol–water partition coefficient (Wildman–Crippen LogP) is 4.50. The lowest BCUT2D eigenvalue weighted by Crippen LogP contribution is -2.49. The summed E-state index contributed by atoms with van der Waals surface area (Å²) in [6.07, 6.45) is 2.27. The van der Waals surface area contributed by atoms with Gasteiger partial charge in [-0.05, 0) is 57.4 Å². The number of nitrogens with zero attached hydrogens (tertiary/aromatic N) is 2. The minimum Gasteiger partial charge on any atom is -0.497 e. The van der Waals surface area contributed by atoms with Gasteiger partial charge in [-0.15, -0.1) is 0 Å². The summed E-state index contributed by atoms with van der Waals surface area (Å²) < 4.78 is 10.9. The summed E-state index contributed by atoms with van der Waals surface area (Å²) in [5.74, 6) is 1.78. The van der Waals surface area contributed by atoms with Crippen LogP contribution in [-0.4, -0.2) is 48.1 Å². The number of amides is 1. The number of carbonyl (C=O) groups excluding carboxylic acids is 1. The highest BCUT2D eigenvalue weighted by atomic mass is 16.5. The van der Waals surface area contributed by atoms with Crippen molar-refractivity contribution in [2.75, 3.05) is 20.8 Å². The molecule has 0 N–H and O–H groups in total. The van der Waals surface area contributed by atoms with Crippen molar-refractivity contribution in [3.8, 4) is 11.5 Å². The number of carbonyl (C=O) groups is 1. The maximum Gasteiger partial charge on any atom is 0.237 e. The standard InChI is InChI=1S/C25H34N2O3/c1-25(2,3)27(16-19-9-7-6-8-10-19)24(28)18-26(21-11-12-21)17-20-15-22(29-4)13-14-23(20)30-5/h6-10,13-15,21H,11-12,16-18H2,1-5H3. The molecular formula is C25H34N2O3. The van der Waals surface area contributed by atoms with Crippen LogP contribution in [-0.2, 0) is 17.9 Å². The molecule has 1 aliphatic carbocycles. The van der Waals surface area contributed by atoms with E-state index in [9.17, 15) is 4.79 Å². The van der Waals surface area contributed by atoms with E-state index >= 15 is 0 Å². The van der Waals surface area contributed by atoms with E-state index < -0.39 is 0 Å². The van der Waals surface area contributed by atoms with Crippen LogP contribution in [0, 0.1) is 0 Å². The highest BCUT2D eigenvalue weighted by molar-refractivity contribution is 5.79. The molecule has 1 amide bonds. The summed E-state index contributed by atoms with van der Waals surface area (Å²) >= 11 is 0. The minimum absolute atomic E-state index is 0.153. The summed E-state index contributed by atoms with van der Waals surface area (Å²) in [5.41, 5.74) is 1.94. The molecule has 0 radical (unpaired) electrons. The normalized spacial score (nSPS) is 13.9. The number of rotatable bonds is 9. The Balaban J connectivity index is 1.77. The molecule has 2 aromatic rings. The molecule has 0 aromatic heterocycles. The van der Waals surface area contributed by atoms with Crippen LogP contribution in [0.25, 0.3) is 0 Å². The van der Waals surface area contributed by atoms with Crippen molar-refractivity contribution in [3.05, 3.63) is 59.7 Å². The van der Waals surface area contributed by atoms with Gasteiger partial charge < -0.3 is 14.4 Å². The first-order chi connectivity index (χ1) is 14.3. The molecule has 162 valence electrons. The van der Waals surface area contributed by atoms with E-state index in [1.165, 1.54) is 0 Å². The Hall–Kier alpha value is -2.53. The van der Waals surface area contributed by atoms with Crippen molar-refractivity contribution in [2.45, 2.75) is 58.3 Å². The molecule has 3 rings (SSSR count). The summed E-state index contributed by atoms with van der Waals surface area (Å²) in [7, 11) is 3.34. The molecule has 5 nitrogen and oxygen atoms in total. The second-order valence-corrected chi connectivity index (χ2v) is 8.95. The Kier molecular flexibility index (Phi) is 7.03. The second kappa shape index (κ2) is 9.52. The molecule has 0 atom stereocenters. The Morgan fingerprint density at radius 3 is 2.27 bits per heavy atom.